The molecule has 0 aliphatic carbocycles. The summed E-state index contributed by atoms with van der Waals surface area (Å²) in [5, 5.41) is 9.89. The minimum atomic E-state index is -1.00. The van der Waals surface area contributed by atoms with Crippen LogP contribution in [0.4, 0.5) is 0 Å². The monoisotopic (exact) mass is 206 g/mol. The number of carbonyl (C=O) groups excluding carboxylic acids is 1. The Labute approximate surface area is 80.5 Å². The third-order valence-electron chi connectivity index (χ3n) is 0.603. The number of carboxylic acid groups (broad SMARTS) is 1. The SMILES string of the molecule is C[N+](C)(C)CC(=O)[O-].[Y]. The molecule has 0 heterocycles. The van der Waals surface area contributed by atoms with Crippen LogP contribution in [0.2, 0.25) is 0 Å². The summed E-state index contributed by atoms with van der Waals surface area (Å²) in [6, 6.07) is 0. The van der Waals surface area contributed by atoms with E-state index in [1.165, 1.54) is 0 Å². The Balaban J connectivity index is 0. The zero-order valence-electron chi connectivity index (χ0n) is 6.05. The quantitative estimate of drug-likeness (QED) is 0.512. The summed E-state index contributed by atoms with van der Waals surface area (Å²) in [5.74, 6) is -1.00. The number of aliphatic carboxylic acids is 1. The predicted octanol–water partition coefficient (Wildman–Crippen LogP) is -1.56. The van der Waals surface area contributed by atoms with Crippen LogP contribution in [0.5, 0.6) is 0 Å². The van der Waals surface area contributed by atoms with Crippen LogP contribution in [-0.2, 0) is 37.5 Å². The van der Waals surface area contributed by atoms with Crippen LogP contribution in [-0.4, -0.2) is 38.1 Å². The zero-order chi connectivity index (χ0) is 6.78. The van der Waals surface area contributed by atoms with Crippen molar-refractivity contribution in [1.82, 2.24) is 0 Å². The summed E-state index contributed by atoms with van der Waals surface area (Å²) >= 11 is 0. The number of quaternary nitrogens is 1. The van der Waals surface area contributed by atoms with Crippen molar-refractivity contribution < 1.29 is 47.1 Å². The van der Waals surface area contributed by atoms with E-state index >= 15 is 0 Å². The summed E-state index contributed by atoms with van der Waals surface area (Å²) < 4.78 is 0.419. The number of rotatable bonds is 2. The Morgan fingerprint density at radius 1 is 1.44 bits per heavy atom. The van der Waals surface area contributed by atoms with Gasteiger partial charge in [-0.1, -0.05) is 0 Å². The van der Waals surface area contributed by atoms with Gasteiger partial charge in [0.1, 0.15) is 6.54 Å². The Bertz CT molecular complexity index is 97.6. The largest absolute Gasteiger partial charge is 0.544 e. The van der Waals surface area contributed by atoms with Gasteiger partial charge >= 0.3 is 0 Å². The molecule has 0 aromatic rings. The molecule has 0 saturated heterocycles. The van der Waals surface area contributed by atoms with Gasteiger partial charge in [0.15, 0.2) is 0 Å². The van der Waals surface area contributed by atoms with Crippen LogP contribution in [0.25, 0.3) is 0 Å². The summed E-state index contributed by atoms with van der Waals surface area (Å²) in [5.41, 5.74) is 0. The predicted molar refractivity (Wildman–Crippen MR) is 27.9 cm³/mol. The molecule has 0 saturated carbocycles. The molecule has 4 heteroatoms. The molecule has 9 heavy (non-hydrogen) atoms. The van der Waals surface area contributed by atoms with Crippen molar-refractivity contribution in [2.75, 3.05) is 27.7 Å². The fourth-order valence-electron chi connectivity index (χ4n) is 0.387. The van der Waals surface area contributed by atoms with Gasteiger partial charge in [-0.05, 0) is 0 Å². The van der Waals surface area contributed by atoms with Gasteiger partial charge in [-0.3, -0.25) is 0 Å². The second-order valence-electron chi connectivity index (χ2n) is 2.82. The molecule has 0 atom stereocenters. The molecule has 0 bridgehead atoms. The molecule has 0 fully saturated rings. The average Bonchev–Trinajstić information content (AvgIpc) is 1.21. The van der Waals surface area contributed by atoms with Crippen LogP contribution in [0, 0.1) is 0 Å². The van der Waals surface area contributed by atoms with Crippen LogP contribution in [0.15, 0.2) is 0 Å². The smallest absolute Gasteiger partial charge is 0.118 e. The standard InChI is InChI=1S/C5H11NO2.Y/c1-6(2,3)4-5(7)8;/h4H2,1-3H3;. The number of hydrogen-bond acceptors (Lipinski definition) is 2. The van der Waals surface area contributed by atoms with Crippen molar-refractivity contribution in [3.05, 3.63) is 0 Å². The first-order valence-electron chi connectivity index (χ1n) is 2.42. The van der Waals surface area contributed by atoms with E-state index < -0.39 is 5.97 Å². The first-order chi connectivity index (χ1) is 3.42. The molecule has 0 spiro atoms. The minimum Gasteiger partial charge on any atom is -0.544 e. The molecule has 0 aromatic carbocycles. The number of nitrogens with zero attached hydrogens (tertiary/aromatic N) is 1. The Morgan fingerprint density at radius 2 is 1.78 bits per heavy atom. The van der Waals surface area contributed by atoms with Gasteiger partial charge in [-0.2, -0.15) is 0 Å². The maximum atomic E-state index is 9.89. The van der Waals surface area contributed by atoms with Gasteiger partial charge in [0.2, 0.25) is 0 Å². The van der Waals surface area contributed by atoms with E-state index in [0.29, 0.717) is 4.48 Å². The van der Waals surface area contributed by atoms with Gasteiger partial charge in [0.25, 0.3) is 0 Å². The van der Waals surface area contributed by atoms with Crippen molar-refractivity contribution in [2.24, 2.45) is 0 Å². The second-order valence-corrected chi connectivity index (χ2v) is 2.82. The van der Waals surface area contributed by atoms with Gasteiger partial charge in [0, 0.05) is 32.7 Å². The fraction of sp³-hybridized carbons (Fsp3) is 0.800. The number of likely N-dealkylation sites (N-methyl/N-ethyl adjacent to an activating group) is 1. The molecule has 3 nitrogen and oxygen atoms in total. The van der Waals surface area contributed by atoms with E-state index in [1.54, 1.807) is 21.1 Å². The first-order valence-corrected chi connectivity index (χ1v) is 2.42. The second kappa shape index (κ2) is 4.37. The van der Waals surface area contributed by atoms with Gasteiger partial charge in [0.05, 0.1) is 27.1 Å². The van der Waals surface area contributed by atoms with E-state index in [2.05, 4.69) is 0 Å². The van der Waals surface area contributed by atoms with Crippen LogP contribution in [0.3, 0.4) is 0 Å². The third kappa shape index (κ3) is 11.9. The molecule has 0 aromatic heterocycles. The molecule has 0 aliphatic heterocycles. The van der Waals surface area contributed by atoms with Crippen molar-refractivity contribution in [3.63, 3.8) is 0 Å². The molecule has 51 valence electrons. The third-order valence-corrected chi connectivity index (χ3v) is 0.603. The van der Waals surface area contributed by atoms with E-state index in [-0.39, 0.29) is 39.3 Å². The van der Waals surface area contributed by atoms with Crippen LogP contribution in [0.1, 0.15) is 0 Å². The van der Waals surface area contributed by atoms with Crippen molar-refractivity contribution in [2.45, 2.75) is 0 Å². The number of carbonyl (C=O) groups is 1. The molecule has 0 aliphatic rings. The van der Waals surface area contributed by atoms with E-state index in [1.807, 2.05) is 0 Å². The number of carboxylic acids is 1. The Kier molecular flexibility index (Phi) is 5.93. The van der Waals surface area contributed by atoms with Crippen molar-refractivity contribution >= 4 is 5.97 Å². The topological polar surface area (TPSA) is 40.1 Å². The van der Waals surface area contributed by atoms with E-state index in [0.717, 1.165) is 0 Å². The molecule has 1 radical (unpaired) electrons. The maximum Gasteiger partial charge on any atom is 0.118 e. The van der Waals surface area contributed by atoms with Crippen molar-refractivity contribution in [3.8, 4) is 0 Å². The Morgan fingerprint density at radius 3 is 1.78 bits per heavy atom. The molecule has 0 N–H and O–H groups in total. The zero-order valence-corrected chi connectivity index (χ0v) is 8.89. The fourth-order valence-corrected chi connectivity index (χ4v) is 0.387. The van der Waals surface area contributed by atoms with E-state index in [9.17, 15) is 9.90 Å². The summed E-state index contributed by atoms with van der Waals surface area (Å²) in [6.45, 7) is 0.0694. The molecule has 0 rings (SSSR count). The maximum absolute atomic E-state index is 9.89. The van der Waals surface area contributed by atoms with E-state index in [4.69, 9.17) is 0 Å². The molecular formula is C5H11NO2Y. The Hall–Kier alpha value is 0.534. The van der Waals surface area contributed by atoms with Gasteiger partial charge in [-0.25, -0.2) is 0 Å². The summed E-state index contributed by atoms with van der Waals surface area (Å²) in [7, 11) is 5.40. The minimum absolute atomic E-state index is 0. The summed E-state index contributed by atoms with van der Waals surface area (Å²) in [4.78, 5) is 9.89. The van der Waals surface area contributed by atoms with Crippen LogP contribution < -0.4 is 5.11 Å². The van der Waals surface area contributed by atoms with Crippen LogP contribution >= 0.6 is 0 Å². The summed E-state index contributed by atoms with van der Waals surface area (Å²) in [6.07, 6.45) is 0. The molecule has 0 amide bonds. The van der Waals surface area contributed by atoms with Crippen molar-refractivity contribution in [1.29, 1.82) is 0 Å². The first kappa shape index (κ1) is 12.2. The normalized spacial score (nSPS) is 10.1. The molecule has 0 unspecified atom stereocenters. The average molecular weight is 206 g/mol. The molecular weight excluding hydrogens is 195 g/mol. The van der Waals surface area contributed by atoms with Gasteiger partial charge < -0.3 is 14.4 Å². The van der Waals surface area contributed by atoms with Gasteiger partial charge in [-0.15, -0.1) is 0 Å². The number of hydrogen-bond donors (Lipinski definition) is 0.